The number of hydrogen-bond donors (Lipinski definition) is 3. The lowest BCUT2D eigenvalue weighted by Gasteiger charge is -2.51. The summed E-state index contributed by atoms with van der Waals surface area (Å²) in [6.45, 7) is 8.44. The fraction of sp³-hybridized carbons (Fsp3) is 0.355. The highest BCUT2D eigenvalue weighted by atomic mass is 35.5. The Balaban J connectivity index is 1.50. The number of hydrogen-bond acceptors (Lipinski definition) is 4. The maximum atomic E-state index is 13.7. The number of likely N-dealkylation sites (tertiary alicyclic amines) is 1. The number of aliphatic hydroxyl groups is 1. The monoisotopic (exact) mass is 534 g/mol. The summed E-state index contributed by atoms with van der Waals surface area (Å²) >= 11 is 6.05. The number of halogens is 1. The third-order valence-corrected chi connectivity index (χ3v) is 7.86. The molecular formula is C31H35ClN2O4. The maximum absolute atomic E-state index is 13.7. The molecule has 7 heteroatoms. The summed E-state index contributed by atoms with van der Waals surface area (Å²) in [5.41, 5.74) is 1.05. The molecule has 4 rings (SSSR count). The molecule has 0 bridgehead atoms. The largest absolute Gasteiger partial charge is 0.508 e. The minimum atomic E-state index is -1.11. The molecular weight excluding hydrogens is 500 g/mol. The Bertz CT molecular complexity index is 1320. The van der Waals surface area contributed by atoms with Crippen LogP contribution in [-0.2, 0) is 10.4 Å². The van der Waals surface area contributed by atoms with Crippen molar-refractivity contribution in [2.24, 2.45) is 11.3 Å². The normalized spacial score (nSPS) is 19.7. The number of benzene rings is 3. The Labute approximate surface area is 229 Å². The summed E-state index contributed by atoms with van der Waals surface area (Å²) < 4.78 is 0. The molecule has 1 saturated heterocycles. The fourth-order valence-electron chi connectivity index (χ4n) is 5.23. The molecule has 3 aromatic rings. The first-order chi connectivity index (χ1) is 17.9. The average molecular weight is 535 g/mol. The highest BCUT2D eigenvalue weighted by Crippen LogP contribution is 2.46. The van der Waals surface area contributed by atoms with E-state index in [1.165, 1.54) is 0 Å². The minimum Gasteiger partial charge on any atom is -0.508 e. The third-order valence-electron chi connectivity index (χ3n) is 7.61. The lowest BCUT2D eigenvalue weighted by Crippen LogP contribution is -2.60. The van der Waals surface area contributed by atoms with E-state index in [1.807, 2.05) is 52.0 Å². The van der Waals surface area contributed by atoms with Crippen LogP contribution in [0.15, 0.2) is 72.8 Å². The van der Waals surface area contributed by atoms with Crippen LogP contribution in [0, 0.1) is 11.3 Å². The zero-order valence-electron chi connectivity index (χ0n) is 22.2. The molecule has 0 aromatic heterocycles. The van der Waals surface area contributed by atoms with Crippen molar-refractivity contribution >= 4 is 23.4 Å². The zero-order valence-corrected chi connectivity index (χ0v) is 23.0. The number of phenols is 1. The van der Waals surface area contributed by atoms with E-state index in [-0.39, 0.29) is 23.5 Å². The van der Waals surface area contributed by atoms with Gasteiger partial charge >= 0.3 is 0 Å². The lowest BCUT2D eigenvalue weighted by atomic mass is 9.66. The highest BCUT2D eigenvalue weighted by Gasteiger charge is 2.50. The molecule has 3 aromatic carbocycles. The number of carbonyl (C=O) groups excluding carboxylic acids is 2. The van der Waals surface area contributed by atoms with Gasteiger partial charge in [0, 0.05) is 29.1 Å². The van der Waals surface area contributed by atoms with E-state index in [2.05, 4.69) is 5.32 Å². The van der Waals surface area contributed by atoms with Crippen molar-refractivity contribution in [1.29, 1.82) is 0 Å². The summed E-state index contributed by atoms with van der Waals surface area (Å²) in [7, 11) is 0. The molecule has 2 amide bonds. The van der Waals surface area contributed by atoms with Crippen LogP contribution in [-0.4, -0.2) is 46.1 Å². The van der Waals surface area contributed by atoms with Crippen LogP contribution in [0.25, 0.3) is 11.1 Å². The number of carbonyl (C=O) groups is 2. The summed E-state index contributed by atoms with van der Waals surface area (Å²) in [5.74, 6) is -0.493. The molecule has 0 unspecified atom stereocenters. The molecule has 3 N–H and O–H groups in total. The predicted octanol–water partition coefficient (Wildman–Crippen LogP) is 5.61. The summed E-state index contributed by atoms with van der Waals surface area (Å²) in [6.07, 6.45) is 0.373. The van der Waals surface area contributed by atoms with Crippen molar-refractivity contribution in [3.05, 3.63) is 88.9 Å². The second-order valence-electron chi connectivity index (χ2n) is 11.1. The van der Waals surface area contributed by atoms with Crippen molar-refractivity contribution in [3.63, 3.8) is 0 Å². The average Bonchev–Trinajstić information content (AvgIpc) is 2.88. The fourth-order valence-corrected chi connectivity index (χ4v) is 5.36. The van der Waals surface area contributed by atoms with Gasteiger partial charge in [0.1, 0.15) is 11.8 Å². The molecule has 6 nitrogen and oxygen atoms in total. The molecule has 200 valence electrons. The number of piperidine rings is 1. The van der Waals surface area contributed by atoms with Gasteiger partial charge in [-0.05, 0) is 65.4 Å². The van der Waals surface area contributed by atoms with Crippen LogP contribution in [0.5, 0.6) is 5.75 Å². The minimum absolute atomic E-state index is 0.138. The van der Waals surface area contributed by atoms with Crippen LogP contribution in [0.1, 0.15) is 50.0 Å². The predicted molar refractivity (Wildman–Crippen MR) is 150 cm³/mol. The van der Waals surface area contributed by atoms with Crippen molar-refractivity contribution in [3.8, 4) is 16.9 Å². The van der Waals surface area contributed by atoms with Crippen molar-refractivity contribution in [2.45, 2.75) is 45.8 Å². The van der Waals surface area contributed by atoms with Gasteiger partial charge in [0.15, 0.2) is 0 Å². The van der Waals surface area contributed by atoms with E-state index >= 15 is 0 Å². The Morgan fingerprint density at radius 2 is 1.61 bits per heavy atom. The Morgan fingerprint density at radius 1 is 0.974 bits per heavy atom. The third kappa shape index (κ3) is 5.57. The summed E-state index contributed by atoms with van der Waals surface area (Å²) in [5, 5.41) is 25.0. The molecule has 38 heavy (non-hydrogen) atoms. The second-order valence-corrected chi connectivity index (χ2v) is 11.5. The Morgan fingerprint density at radius 3 is 2.21 bits per heavy atom. The Kier molecular flexibility index (Phi) is 7.86. The number of nitrogens with one attached hydrogen (secondary N) is 1. The smallest absolute Gasteiger partial charge is 0.251 e. The van der Waals surface area contributed by atoms with E-state index in [0.717, 1.165) is 16.7 Å². The van der Waals surface area contributed by atoms with E-state index < -0.39 is 17.1 Å². The topological polar surface area (TPSA) is 89.9 Å². The summed E-state index contributed by atoms with van der Waals surface area (Å²) in [4.78, 5) is 28.7. The number of amides is 2. The van der Waals surface area contributed by atoms with Gasteiger partial charge in [-0.1, -0.05) is 75.7 Å². The zero-order chi connectivity index (χ0) is 27.7. The van der Waals surface area contributed by atoms with Gasteiger partial charge in [0.25, 0.3) is 5.91 Å². The first-order valence-corrected chi connectivity index (χ1v) is 13.3. The highest BCUT2D eigenvalue weighted by molar-refractivity contribution is 6.30. The molecule has 1 aliphatic rings. The van der Waals surface area contributed by atoms with Gasteiger partial charge in [-0.25, -0.2) is 0 Å². The Hall–Kier alpha value is -3.35. The van der Waals surface area contributed by atoms with Crippen LogP contribution in [0.3, 0.4) is 0 Å². The molecule has 2 atom stereocenters. The van der Waals surface area contributed by atoms with E-state index in [4.69, 9.17) is 11.6 Å². The quantitative estimate of drug-likeness (QED) is 0.383. The standard InChI is InChI=1S/C31H35ClN2O4/c1-20(2)27(33-28(36)23-9-5-7-21(17-23)22-8-6-10-26(35)18-22)29(37)34-16-15-31(38,30(3,4)19-34)24-11-13-25(32)14-12-24/h5-14,17-18,20,27,35,38H,15-16,19H2,1-4H3,(H,33,36)/t27-,31+/m1/s1. The summed E-state index contributed by atoms with van der Waals surface area (Å²) in [6, 6.07) is 20.4. The van der Waals surface area contributed by atoms with Crippen molar-refractivity contribution < 1.29 is 19.8 Å². The molecule has 0 saturated carbocycles. The van der Waals surface area contributed by atoms with E-state index in [9.17, 15) is 19.8 Å². The SMILES string of the molecule is CC(C)[C@@H](NC(=O)c1cccc(-c2cccc(O)c2)c1)C(=O)N1CC[C@](O)(c2ccc(Cl)cc2)C(C)(C)C1. The molecule has 1 aliphatic heterocycles. The van der Waals surface area contributed by atoms with Gasteiger partial charge in [-0.3, -0.25) is 9.59 Å². The number of nitrogens with zero attached hydrogens (tertiary/aromatic N) is 1. The molecule has 0 spiro atoms. The van der Waals surface area contributed by atoms with Crippen LogP contribution < -0.4 is 5.32 Å². The van der Waals surface area contributed by atoms with Crippen molar-refractivity contribution in [1.82, 2.24) is 10.2 Å². The maximum Gasteiger partial charge on any atom is 0.251 e. The molecule has 0 radical (unpaired) electrons. The van der Waals surface area contributed by atoms with Crippen LogP contribution in [0.4, 0.5) is 0 Å². The number of phenolic OH excluding ortho intramolecular Hbond substituents is 1. The lowest BCUT2D eigenvalue weighted by molar-refractivity contribution is -0.155. The van der Waals surface area contributed by atoms with Gasteiger partial charge in [0.05, 0.1) is 5.60 Å². The molecule has 0 aliphatic carbocycles. The number of aromatic hydroxyl groups is 1. The van der Waals surface area contributed by atoms with E-state index in [0.29, 0.717) is 30.1 Å². The van der Waals surface area contributed by atoms with Crippen molar-refractivity contribution in [2.75, 3.05) is 13.1 Å². The second kappa shape index (κ2) is 10.8. The van der Waals surface area contributed by atoms with E-state index in [1.54, 1.807) is 53.4 Å². The first kappa shape index (κ1) is 27.7. The molecule has 1 heterocycles. The van der Waals surface area contributed by atoms with Gasteiger partial charge < -0.3 is 20.4 Å². The van der Waals surface area contributed by atoms with Gasteiger partial charge in [-0.2, -0.15) is 0 Å². The molecule has 1 fully saturated rings. The van der Waals surface area contributed by atoms with Crippen LogP contribution >= 0.6 is 11.6 Å². The van der Waals surface area contributed by atoms with Gasteiger partial charge in [0.2, 0.25) is 5.91 Å². The van der Waals surface area contributed by atoms with Crippen LogP contribution in [0.2, 0.25) is 5.02 Å². The van der Waals surface area contributed by atoms with Gasteiger partial charge in [-0.15, -0.1) is 0 Å². The first-order valence-electron chi connectivity index (χ1n) is 12.9. The number of rotatable bonds is 6.